The van der Waals surface area contributed by atoms with E-state index in [1.54, 1.807) is 13.1 Å². The summed E-state index contributed by atoms with van der Waals surface area (Å²) in [4.78, 5) is 13.8. The van der Waals surface area contributed by atoms with E-state index in [1.165, 1.54) is 17.0 Å². The fraction of sp³-hybridized carbons (Fsp3) is 0.333. The molecule has 0 aliphatic carbocycles. The molecule has 1 aromatic carbocycles. The molecule has 1 rings (SSSR count). The first-order valence-corrected chi connectivity index (χ1v) is 6.53. The molecule has 1 aromatic rings. The molecule has 2 N–H and O–H groups in total. The maximum Gasteiger partial charge on any atom is 0.256 e. The first kappa shape index (κ1) is 15.0. The average molecular weight is 333 g/mol. The minimum atomic E-state index is -0.552. The van der Waals surface area contributed by atoms with Crippen LogP contribution in [0.3, 0.4) is 0 Å². The van der Waals surface area contributed by atoms with Gasteiger partial charge in [0, 0.05) is 24.0 Å². The van der Waals surface area contributed by atoms with Crippen LogP contribution >= 0.6 is 28.1 Å². The molecule has 18 heavy (non-hydrogen) atoms. The predicted molar refractivity (Wildman–Crippen MR) is 77.0 cm³/mol. The van der Waals surface area contributed by atoms with Crippen molar-refractivity contribution in [2.45, 2.75) is 6.92 Å². The molecule has 0 aliphatic heterocycles. The van der Waals surface area contributed by atoms with Gasteiger partial charge in [-0.1, -0.05) is 35.1 Å². The Morgan fingerprint density at radius 1 is 1.61 bits per heavy atom. The lowest BCUT2D eigenvalue weighted by molar-refractivity contribution is 0.0782. The van der Waals surface area contributed by atoms with E-state index in [4.69, 9.17) is 18.0 Å². The minimum Gasteiger partial charge on any atom is -0.393 e. The number of hydrogen-bond donors (Lipinski definition) is 1. The van der Waals surface area contributed by atoms with Crippen molar-refractivity contribution in [1.82, 2.24) is 4.90 Å². The summed E-state index contributed by atoms with van der Waals surface area (Å²) in [6.45, 7) is 2.19. The van der Waals surface area contributed by atoms with Gasteiger partial charge >= 0.3 is 0 Å². The SMILES string of the molecule is CC(CN(C)C(=O)c1ccc(Br)cc1F)C(N)=S. The molecular formula is C12H14BrFN2OS. The Morgan fingerprint density at radius 3 is 2.72 bits per heavy atom. The number of halogens is 2. The Hall–Kier alpha value is -1.01. The summed E-state index contributed by atoms with van der Waals surface area (Å²) in [5.41, 5.74) is 5.52. The second kappa shape index (κ2) is 6.24. The molecule has 0 aromatic heterocycles. The molecule has 0 radical (unpaired) electrons. The van der Waals surface area contributed by atoms with E-state index in [1.807, 2.05) is 6.92 Å². The molecule has 0 aliphatic rings. The molecule has 1 atom stereocenters. The summed E-state index contributed by atoms with van der Waals surface area (Å²) in [7, 11) is 1.60. The van der Waals surface area contributed by atoms with Gasteiger partial charge in [-0.2, -0.15) is 0 Å². The molecule has 0 spiro atoms. The van der Waals surface area contributed by atoms with E-state index < -0.39 is 5.82 Å². The molecule has 6 heteroatoms. The summed E-state index contributed by atoms with van der Waals surface area (Å²) in [6.07, 6.45) is 0. The molecule has 3 nitrogen and oxygen atoms in total. The number of rotatable bonds is 4. The van der Waals surface area contributed by atoms with Crippen LogP contribution < -0.4 is 5.73 Å². The maximum atomic E-state index is 13.6. The Labute approximate surface area is 119 Å². The van der Waals surface area contributed by atoms with Gasteiger partial charge in [0.15, 0.2) is 0 Å². The van der Waals surface area contributed by atoms with E-state index in [9.17, 15) is 9.18 Å². The monoisotopic (exact) mass is 332 g/mol. The highest BCUT2D eigenvalue weighted by atomic mass is 79.9. The van der Waals surface area contributed by atoms with Gasteiger partial charge in [0.1, 0.15) is 5.82 Å². The Morgan fingerprint density at radius 2 is 2.22 bits per heavy atom. The van der Waals surface area contributed by atoms with Crippen LogP contribution in [0.15, 0.2) is 22.7 Å². The van der Waals surface area contributed by atoms with Crippen LogP contribution in [0.2, 0.25) is 0 Å². The zero-order valence-corrected chi connectivity index (χ0v) is 12.5. The average Bonchev–Trinajstić information content (AvgIpc) is 2.27. The standard InChI is InChI=1S/C12H14BrFN2OS/c1-7(11(15)18)6-16(2)12(17)9-4-3-8(13)5-10(9)14/h3-5,7H,6H2,1-2H3,(H2,15,18). The number of carbonyl (C=O) groups excluding carboxylic acids is 1. The fourth-order valence-electron chi connectivity index (χ4n) is 1.45. The van der Waals surface area contributed by atoms with Gasteiger partial charge in [-0.25, -0.2) is 4.39 Å². The number of amides is 1. The lowest BCUT2D eigenvalue weighted by Gasteiger charge is -2.21. The summed E-state index contributed by atoms with van der Waals surface area (Å²) in [5, 5.41) is 0. The predicted octanol–water partition coefficient (Wildman–Crippen LogP) is 2.58. The molecule has 0 fully saturated rings. The molecule has 0 saturated carbocycles. The van der Waals surface area contributed by atoms with Gasteiger partial charge in [-0.15, -0.1) is 0 Å². The van der Waals surface area contributed by atoms with E-state index in [-0.39, 0.29) is 17.4 Å². The second-order valence-corrected chi connectivity index (χ2v) is 5.50. The fourth-order valence-corrected chi connectivity index (χ4v) is 1.86. The molecule has 0 saturated heterocycles. The van der Waals surface area contributed by atoms with E-state index >= 15 is 0 Å². The third kappa shape index (κ3) is 3.74. The lowest BCUT2D eigenvalue weighted by Crippen LogP contribution is -2.35. The van der Waals surface area contributed by atoms with Crippen molar-refractivity contribution in [2.75, 3.05) is 13.6 Å². The third-order valence-electron chi connectivity index (χ3n) is 2.54. The molecular weight excluding hydrogens is 319 g/mol. The van der Waals surface area contributed by atoms with Crippen molar-refractivity contribution < 1.29 is 9.18 Å². The summed E-state index contributed by atoms with van der Waals surface area (Å²) < 4.78 is 14.2. The highest BCUT2D eigenvalue weighted by Gasteiger charge is 2.18. The van der Waals surface area contributed by atoms with Gasteiger partial charge in [-0.3, -0.25) is 4.79 Å². The lowest BCUT2D eigenvalue weighted by atomic mass is 10.1. The van der Waals surface area contributed by atoms with Crippen molar-refractivity contribution in [3.05, 3.63) is 34.1 Å². The zero-order chi connectivity index (χ0) is 13.9. The summed E-state index contributed by atoms with van der Waals surface area (Å²) in [5.74, 6) is -1.04. The second-order valence-electron chi connectivity index (χ2n) is 4.11. The largest absolute Gasteiger partial charge is 0.393 e. The van der Waals surface area contributed by atoms with E-state index in [0.717, 1.165) is 0 Å². The maximum absolute atomic E-state index is 13.6. The Balaban J connectivity index is 2.83. The van der Waals surface area contributed by atoms with Crippen LogP contribution in [0.5, 0.6) is 0 Å². The quantitative estimate of drug-likeness (QED) is 0.862. The van der Waals surface area contributed by atoms with Crippen molar-refractivity contribution in [3.8, 4) is 0 Å². The van der Waals surface area contributed by atoms with Crippen molar-refractivity contribution in [1.29, 1.82) is 0 Å². The highest BCUT2D eigenvalue weighted by molar-refractivity contribution is 9.10. The highest BCUT2D eigenvalue weighted by Crippen LogP contribution is 2.17. The van der Waals surface area contributed by atoms with Gasteiger partial charge in [0.2, 0.25) is 0 Å². The molecule has 0 bridgehead atoms. The smallest absolute Gasteiger partial charge is 0.256 e. The van der Waals surface area contributed by atoms with Crippen LogP contribution in [0.25, 0.3) is 0 Å². The zero-order valence-electron chi connectivity index (χ0n) is 10.1. The van der Waals surface area contributed by atoms with Crippen molar-refractivity contribution in [3.63, 3.8) is 0 Å². The van der Waals surface area contributed by atoms with Crippen LogP contribution in [0.1, 0.15) is 17.3 Å². The van der Waals surface area contributed by atoms with Crippen molar-refractivity contribution >= 4 is 39.0 Å². The number of thiocarbonyl (C=S) groups is 1. The van der Waals surface area contributed by atoms with Gasteiger partial charge in [-0.05, 0) is 18.2 Å². The Kier molecular flexibility index (Phi) is 5.22. The normalized spacial score (nSPS) is 12.0. The molecule has 1 unspecified atom stereocenters. The van der Waals surface area contributed by atoms with E-state index in [2.05, 4.69) is 15.9 Å². The molecule has 1 amide bonds. The topological polar surface area (TPSA) is 46.3 Å². The first-order valence-electron chi connectivity index (χ1n) is 5.32. The van der Waals surface area contributed by atoms with Crippen LogP contribution in [0.4, 0.5) is 4.39 Å². The molecule has 98 valence electrons. The summed E-state index contributed by atoms with van der Waals surface area (Å²) >= 11 is 7.99. The van der Waals surface area contributed by atoms with E-state index in [0.29, 0.717) is 16.0 Å². The van der Waals surface area contributed by atoms with Gasteiger partial charge in [0.05, 0.1) is 10.6 Å². The van der Waals surface area contributed by atoms with Gasteiger partial charge < -0.3 is 10.6 Å². The van der Waals surface area contributed by atoms with Gasteiger partial charge in [0.25, 0.3) is 5.91 Å². The molecule has 0 heterocycles. The first-order chi connectivity index (χ1) is 8.32. The van der Waals surface area contributed by atoms with Crippen LogP contribution in [-0.2, 0) is 0 Å². The number of benzene rings is 1. The third-order valence-corrected chi connectivity index (χ3v) is 3.44. The minimum absolute atomic E-state index is 0.0378. The van der Waals surface area contributed by atoms with Crippen molar-refractivity contribution in [2.24, 2.45) is 11.7 Å². The summed E-state index contributed by atoms with van der Waals surface area (Å²) in [6, 6.07) is 4.34. The number of nitrogens with two attached hydrogens (primary N) is 1. The number of nitrogens with zero attached hydrogens (tertiary/aromatic N) is 1. The number of hydrogen-bond acceptors (Lipinski definition) is 2. The van der Waals surface area contributed by atoms with Crippen LogP contribution in [-0.4, -0.2) is 29.4 Å². The Bertz CT molecular complexity index is 481. The van der Waals surface area contributed by atoms with Crippen LogP contribution in [0, 0.1) is 11.7 Å². The number of carbonyl (C=O) groups is 1.